The molecular weight excluding hydrogens is 236 g/mol. The van der Waals surface area contributed by atoms with Crippen molar-refractivity contribution in [3.63, 3.8) is 0 Å². The van der Waals surface area contributed by atoms with Crippen LogP contribution >= 0.6 is 0 Å². The van der Waals surface area contributed by atoms with Crippen LogP contribution in [0.25, 0.3) is 0 Å². The van der Waals surface area contributed by atoms with E-state index in [2.05, 4.69) is 36.6 Å². The van der Waals surface area contributed by atoms with Crippen LogP contribution in [0, 0.1) is 0 Å². The molecule has 0 radical (unpaired) electrons. The highest BCUT2D eigenvalue weighted by molar-refractivity contribution is 5.46. The molecule has 0 atom stereocenters. The Morgan fingerprint density at radius 2 is 1.74 bits per heavy atom. The third-order valence-corrected chi connectivity index (χ3v) is 2.97. The molecule has 0 aliphatic rings. The topological polar surface area (TPSA) is 33.3 Å². The van der Waals surface area contributed by atoms with Gasteiger partial charge in [0.1, 0.15) is 5.75 Å². The molecule has 0 amide bonds. The lowest BCUT2D eigenvalue weighted by Gasteiger charge is -2.09. The first-order valence-corrected chi connectivity index (χ1v) is 7.54. The minimum absolute atomic E-state index is 0.811. The Morgan fingerprint density at radius 3 is 2.42 bits per heavy atom. The predicted octanol–water partition coefficient (Wildman–Crippen LogP) is 4.01. The molecule has 108 valence electrons. The molecule has 1 aromatic rings. The minimum atomic E-state index is 0.811. The lowest BCUT2D eigenvalue weighted by Crippen LogP contribution is -2.22. The zero-order valence-electron chi connectivity index (χ0n) is 12.4. The van der Waals surface area contributed by atoms with Crippen LogP contribution in [-0.4, -0.2) is 19.8 Å². The van der Waals surface area contributed by atoms with Crippen molar-refractivity contribution in [2.24, 2.45) is 0 Å². The van der Waals surface area contributed by atoms with E-state index in [0.29, 0.717) is 0 Å². The Kier molecular flexibility index (Phi) is 8.90. The van der Waals surface area contributed by atoms with E-state index in [1.807, 2.05) is 12.1 Å². The van der Waals surface area contributed by atoms with Gasteiger partial charge in [-0.25, -0.2) is 0 Å². The zero-order valence-corrected chi connectivity index (χ0v) is 12.4. The lowest BCUT2D eigenvalue weighted by atomic mass is 10.2. The molecule has 0 bridgehead atoms. The SMILES string of the molecule is CCCCCCOc1ccc(NCNCCC)cc1. The molecule has 0 aliphatic carbocycles. The maximum Gasteiger partial charge on any atom is 0.119 e. The Hall–Kier alpha value is -1.22. The average molecular weight is 264 g/mol. The number of ether oxygens (including phenoxy) is 1. The van der Waals surface area contributed by atoms with Crippen LogP contribution in [-0.2, 0) is 0 Å². The van der Waals surface area contributed by atoms with E-state index in [9.17, 15) is 0 Å². The summed E-state index contributed by atoms with van der Waals surface area (Å²) in [6, 6.07) is 8.19. The summed E-state index contributed by atoms with van der Waals surface area (Å²) in [6.07, 6.45) is 6.14. The predicted molar refractivity (Wildman–Crippen MR) is 82.9 cm³/mol. The van der Waals surface area contributed by atoms with E-state index in [4.69, 9.17) is 4.74 Å². The average Bonchev–Trinajstić information content (AvgIpc) is 2.45. The number of unbranched alkanes of at least 4 members (excludes halogenated alkanes) is 3. The summed E-state index contributed by atoms with van der Waals surface area (Å²) in [5.41, 5.74) is 1.13. The molecule has 0 aromatic heterocycles. The van der Waals surface area contributed by atoms with Gasteiger partial charge in [-0.2, -0.15) is 0 Å². The largest absolute Gasteiger partial charge is 0.494 e. The maximum absolute atomic E-state index is 5.71. The molecule has 0 aliphatic heterocycles. The van der Waals surface area contributed by atoms with Crippen molar-refractivity contribution in [2.75, 3.05) is 25.1 Å². The molecular formula is C16H28N2O. The fourth-order valence-corrected chi connectivity index (χ4v) is 1.82. The van der Waals surface area contributed by atoms with Crippen LogP contribution in [0.2, 0.25) is 0 Å². The summed E-state index contributed by atoms with van der Waals surface area (Å²) in [6.45, 7) is 7.07. The quantitative estimate of drug-likeness (QED) is 0.468. The smallest absolute Gasteiger partial charge is 0.119 e. The van der Waals surface area contributed by atoms with E-state index >= 15 is 0 Å². The molecule has 2 N–H and O–H groups in total. The summed E-state index contributed by atoms with van der Waals surface area (Å²) < 4.78 is 5.71. The van der Waals surface area contributed by atoms with Gasteiger partial charge in [0, 0.05) is 5.69 Å². The number of benzene rings is 1. The van der Waals surface area contributed by atoms with Crippen molar-refractivity contribution in [1.82, 2.24) is 5.32 Å². The summed E-state index contributed by atoms with van der Waals surface area (Å²) in [7, 11) is 0. The number of hydrogen-bond donors (Lipinski definition) is 2. The van der Waals surface area contributed by atoms with Gasteiger partial charge >= 0.3 is 0 Å². The van der Waals surface area contributed by atoms with Crippen molar-refractivity contribution in [3.8, 4) is 5.75 Å². The van der Waals surface area contributed by atoms with Gasteiger partial charge in [0.2, 0.25) is 0 Å². The molecule has 0 saturated carbocycles. The molecule has 3 heteroatoms. The summed E-state index contributed by atoms with van der Waals surface area (Å²) in [5, 5.41) is 6.63. The maximum atomic E-state index is 5.71. The third-order valence-electron chi connectivity index (χ3n) is 2.97. The van der Waals surface area contributed by atoms with Gasteiger partial charge in [-0.05, 0) is 43.7 Å². The summed E-state index contributed by atoms with van der Waals surface area (Å²) >= 11 is 0. The van der Waals surface area contributed by atoms with Gasteiger partial charge in [0.05, 0.1) is 13.3 Å². The lowest BCUT2D eigenvalue weighted by molar-refractivity contribution is 0.305. The van der Waals surface area contributed by atoms with Crippen molar-refractivity contribution >= 4 is 5.69 Å². The second kappa shape index (κ2) is 10.7. The van der Waals surface area contributed by atoms with Crippen molar-refractivity contribution in [1.29, 1.82) is 0 Å². The molecule has 0 spiro atoms. The number of hydrogen-bond acceptors (Lipinski definition) is 3. The first-order chi connectivity index (χ1) is 9.36. The van der Waals surface area contributed by atoms with E-state index in [0.717, 1.165) is 44.1 Å². The van der Waals surface area contributed by atoms with E-state index in [-0.39, 0.29) is 0 Å². The van der Waals surface area contributed by atoms with Crippen LogP contribution < -0.4 is 15.4 Å². The van der Waals surface area contributed by atoms with E-state index in [1.165, 1.54) is 19.3 Å². The zero-order chi connectivity index (χ0) is 13.8. The highest BCUT2D eigenvalue weighted by atomic mass is 16.5. The van der Waals surface area contributed by atoms with Crippen LogP contribution in [0.1, 0.15) is 46.0 Å². The van der Waals surface area contributed by atoms with E-state index < -0.39 is 0 Å². The Labute approximate surface area is 117 Å². The minimum Gasteiger partial charge on any atom is -0.494 e. The second-order valence-corrected chi connectivity index (χ2v) is 4.79. The summed E-state index contributed by atoms with van der Waals surface area (Å²) in [4.78, 5) is 0. The fraction of sp³-hybridized carbons (Fsp3) is 0.625. The second-order valence-electron chi connectivity index (χ2n) is 4.79. The van der Waals surface area contributed by atoms with Crippen molar-refractivity contribution in [2.45, 2.75) is 46.0 Å². The van der Waals surface area contributed by atoms with Crippen molar-refractivity contribution in [3.05, 3.63) is 24.3 Å². The van der Waals surface area contributed by atoms with Crippen LogP contribution in [0.15, 0.2) is 24.3 Å². The Balaban J connectivity index is 2.16. The van der Waals surface area contributed by atoms with Gasteiger partial charge in [-0.3, -0.25) is 0 Å². The number of nitrogens with one attached hydrogen (secondary N) is 2. The number of anilines is 1. The standard InChI is InChI=1S/C16H28N2O/c1-3-5-6-7-13-19-16-10-8-15(9-11-16)18-14-17-12-4-2/h8-11,17-18H,3-7,12-14H2,1-2H3. The highest BCUT2D eigenvalue weighted by Crippen LogP contribution is 2.15. The van der Waals surface area contributed by atoms with Gasteiger partial charge in [0.25, 0.3) is 0 Å². The summed E-state index contributed by atoms with van der Waals surface area (Å²) in [5.74, 6) is 0.962. The third kappa shape index (κ3) is 7.73. The monoisotopic (exact) mass is 264 g/mol. The van der Waals surface area contributed by atoms with Gasteiger partial charge < -0.3 is 15.4 Å². The first-order valence-electron chi connectivity index (χ1n) is 7.54. The molecule has 1 rings (SSSR count). The molecule has 1 aromatic carbocycles. The molecule has 3 nitrogen and oxygen atoms in total. The Bertz CT molecular complexity index is 311. The molecule has 0 fully saturated rings. The molecule has 19 heavy (non-hydrogen) atoms. The molecule has 0 heterocycles. The first kappa shape index (κ1) is 15.8. The van der Waals surface area contributed by atoms with Crippen molar-refractivity contribution < 1.29 is 4.74 Å². The van der Waals surface area contributed by atoms with Crippen LogP contribution in [0.5, 0.6) is 5.75 Å². The van der Waals surface area contributed by atoms with Gasteiger partial charge in [-0.15, -0.1) is 0 Å². The van der Waals surface area contributed by atoms with E-state index in [1.54, 1.807) is 0 Å². The normalized spacial score (nSPS) is 10.4. The highest BCUT2D eigenvalue weighted by Gasteiger charge is 1.95. The number of rotatable bonds is 11. The fourth-order valence-electron chi connectivity index (χ4n) is 1.82. The van der Waals surface area contributed by atoms with Gasteiger partial charge in [-0.1, -0.05) is 33.1 Å². The molecule has 0 unspecified atom stereocenters. The molecule has 0 saturated heterocycles. The van der Waals surface area contributed by atoms with Crippen LogP contribution in [0.3, 0.4) is 0 Å². The Morgan fingerprint density at radius 1 is 0.947 bits per heavy atom. The van der Waals surface area contributed by atoms with Gasteiger partial charge in [0.15, 0.2) is 0 Å². The van der Waals surface area contributed by atoms with Crippen LogP contribution in [0.4, 0.5) is 5.69 Å².